The van der Waals surface area contributed by atoms with Crippen molar-refractivity contribution in [2.24, 2.45) is 23.1 Å². The number of nitrogen functional groups attached to an aromatic ring is 1. The van der Waals surface area contributed by atoms with Gasteiger partial charge in [-0.25, -0.2) is 4.90 Å². The number of ether oxygens (including phenoxy) is 2. The molecule has 210 valence electrons. The van der Waals surface area contributed by atoms with E-state index in [2.05, 4.69) is 4.98 Å². The number of carbonyl (C=O) groups is 4. The van der Waals surface area contributed by atoms with E-state index in [4.69, 9.17) is 32.1 Å². The maximum absolute atomic E-state index is 12.8. The summed E-state index contributed by atoms with van der Waals surface area (Å²) in [6.45, 7) is 4.46. The number of carbonyl (C=O) groups excluding carboxylic acids is 3. The van der Waals surface area contributed by atoms with Crippen LogP contribution in [-0.4, -0.2) is 81.5 Å². The van der Waals surface area contributed by atoms with E-state index in [1.165, 1.54) is 23.2 Å². The standard InChI is InChI=1S/C18H30N2O6.C7H8N4O/c1-17(2,3)26-15(22)10-20-13(16(23)24)11-25-18(20,14(21)9-19)12-7-5-4-6-8-12;8-6(9)5-2-1-4(3-11-5)7(10)12/h12-13H,4-11,19H2,1-3H3,(H,23,24);1-3H,(H3,8,9)(H2,10,12). The van der Waals surface area contributed by atoms with Gasteiger partial charge in [0.15, 0.2) is 11.5 Å². The van der Waals surface area contributed by atoms with Gasteiger partial charge in [-0.3, -0.25) is 29.6 Å². The number of ketones is 1. The minimum atomic E-state index is -1.46. The Morgan fingerprint density at radius 2 is 1.82 bits per heavy atom. The molecule has 2 aliphatic rings. The number of amides is 1. The van der Waals surface area contributed by atoms with Gasteiger partial charge in [0.05, 0.1) is 18.7 Å². The summed E-state index contributed by atoms with van der Waals surface area (Å²) in [7, 11) is 0. The lowest BCUT2D eigenvalue weighted by molar-refractivity contribution is -0.179. The summed E-state index contributed by atoms with van der Waals surface area (Å²) < 4.78 is 11.2. The van der Waals surface area contributed by atoms with Crippen LogP contribution in [0.3, 0.4) is 0 Å². The highest BCUT2D eigenvalue weighted by molar-refractivity contribution is 5.95. The molecule has 0 spiro atoms. The van der Waals surface area contributed by atoms with Crippen molar-refractivity contribution in [3.05, 3.63) is 29.6 Å². The van der Waals surface area contributed by atoms with E-state index in [-0.39, 0.29) is 37.2 Å². The minimum Gasteiger partial charge on any atom is -0.480 e. The highest BCUT2D eigenvalue weighted by atomic mass is 16.6. The van der Waals surface area contributed by atoms with Crippen LogP contribution in [0.4, 0.5) is 0 Å². The maximum atomic E-state index is 12.8. The lowest BCUT2D eigenvalue weighted by Gasteiger charge is -2.43. The number of nitrogens with two attached hydrogens (primary N) is 3. The predicted octanol–water partition coefficient (Wildman–Crippen LogP) is 0.382. The van der Waals surface area contributed by atoms with E-state index in [1.807, 2.05) is 0 Å². The molecule has 0 aromatic carbocycles. The molecule has 13 heteroatoms. The molecule has 0 radical (unpaired) electrons. The number of esters is 1. The van der Waals surface area contributed by atoms with E-state index < -0.39 is 35.2 Å². The second-order valence-electron chi connectivity index (χ2n) is 10.2. The Balaban J connectivity index is 0.000000352. The van der Waals surface area contributed by atoms with E-state index in [0.717, 1.165) is 32.1 Å². The molecule has 2 unspecified atom stereocenters. The number of carboxylic acid groups (broad SMARTS) is 1. The number of hydrogen-bond donors (Lipinski definition) is 5. The van der Waals surface area contributed by atoms with Crippen LogP contribution in [0.25, 0.3) is 0 Å². The Morgan fingerprint density at radius 3 is 2.26 bits per heavy atom. The summed E-state index contributed by atoms with van der Waals surface area (Å²) in [4.78, 5) is 52.7. The molecule has 0 bridgehead atoms. The Bertz CT molecular complexity index is 1000. The monoisotopic (exact) mass is 534 g/mol. The molecule has 13 nitrogen and oxygen atoms in total. The van der Waals surface area contributed by atoms with Crippen molar-refractivity contribution in [1.82, 2.24) is 9.88 Å². The molecule has 2 fully saturated rings. The number of rotatable bonds is 8. The van der Waals surface area contributed by atoms with E-state index in [9.17, 15) is 24.3 Å². The third-order valence-corrected chi connectivity index (χ3v) is 6.34. The summed E-state index contributed by atoms with van der Waals surface area (Å²) >= 11 is 0. The van der Waals surface area contributed by atoms with Gasteiger partial charge < -0.3 is 31.8 Å². The number of Topliss-reactive ketones (excluding diaryl/α,β-unsaturated/α-hetero) is 1. The third-order valence-electron chi connectivity index (χ3n) is 6.34. The van der Waals surface area contributed by atoms with Gasteiger partial charge in [-0.05, 0) is 45.7 Å². The normalized spacial score (nSPS) is 22.2. The van der Waals surface area contributed by atoms with Crippen LogP contribution in [-0.2, 0) is 23.9 Å². The average molecular weight is 535 g/mol. The number of nitrogens with one attached hydrogen (secondary N) is 1. The first kappa shape index (κ1) is 30.8. The Hall–Kier alpha value is -3.42. The lowest BCUT2D eigenvalue weighted by atomic mass is 9.78. The van der Waals surface area contributed by atoms with Gasteiger partial charge in [0.2, 0.25) is 5.91 Å². The molecular weight excluding hydrogens is 496 g/mol. The molecule has 1 amide bonds. The van der Waals surface area contributed by atoms with Gasteiger partial charge in [0.25, 0.3) is 0 Å². The molecule has 1 saturated heterocycles. The van der Waals surface area contributed by atoms with Crippen LogP contribution in [0, 0.1) is 11.3 Å². The van der Waals surface area contributed by atoms with Gasteiger partial charge in [-0.2, -0.15) is 0 Å². The zero-order valence-electron chi connectivity index (χ0n) is 22.1. The highest BCUT2D eigenvalue weighted by Crippen LogP contribution is 2.42. The van der Waals surface area contributed by atoms with Gasteiger partial charge in [-0.15, -0.1) is 0 Å². The fourth-order valence-corrected chi connectivity index (χ4v) is 4.72. The van der Waals surface area contributed by atoms with Crippen molar-refractivity contribution >= 4 is 29.5 Å². The zero-order valence-corrected chi connectivity index (χ0v) is 22.1. The molecular formula is C25H38N6O7. The molecule has 2 atom stereocenters. The van der Waals surface area contributed by atoms with E-state index in [1.54, 1.807) is 20.8 Å². The molecule has 1 aromatic rings. The first-order valence-electron chi connectivity index (χ1n) is 12.4. The van der Waals surface area contributed by atoms with Gasteiger partial charge in [-0.1, -0.05) is 19.3 Å². The molecule has 3 rings (SSSR count). The molecule has 1 aromatic heterocycles. The van der Waals surface area contributed by atoms with Crippen molar-refractivity contribution in [2.75, 3.05) is 19.7 Å². The average Bonchev–Trinajstić information content (AvgIpc) is 3.23. The summed E-state index contributed by atoms with van der Waals surface area (Å²) in [5.41, 5.74) is 14.2. The number of aliphatic carboxylic acids is 1. The van der Waals surface area contributed by atoms with Crippen LogP contribution >= 0.6 is 0 Å². The van der Waals surface area contributed by atoms with Crippen LogP contribution in [0.5, 0.6) is 0 Å². The number of primary amides is 1. The Labute approximate surface area is 221 Å². The van der Waals surface area contributed by atoms with E-state index in [0.29, 0.717) is 11.3 Å². The fourth-order valence-electron chi connectivity index (χ4n) is 4.72. The highest BCUT2D eigenvalue weighted by Gasteiger charge is 2.59. The number of amidine groups is 1. The Morgan fingerprint density at radius 1 is 1.18 bits per heavy atom. The first-order chi connectivity index (χ1) is 17.7. The van der Waals surface area contributed by atoms with Crippen molar-refractivity contribution in [1.29, 1.82) is 5.41 Å². The predicted molar refractivity (Wildman–Crippen MR) is 137 cm³/mol. The molecule has 1 aliphatic carbocycles. The van der Waals surface area contributed by atoms with Gasteiger partial charge in [0.1, 0.15) is 29.7 Å². The van der Waals surface area contributed by atoms with Crippen LogP contribution in [0.1, 0.15) is 68.9 Å². The van der Waals surface area contributed by atoms with Gasteiger partial charge in [0, 0.05) is 12.1 Å². The number of carboxylic acids is 1. The van der Waals surface area contributed by atoms with Crippen LogP contribution in [0.15, 0.2) is 18.3 Å². The molecule has 8 N–H and O–H groups in total. The Kier molecular flexibility index (Phi) is 10.5. The number of aromatic nitrogens is 1. The molecule has 1 aliphatic heterocycles. The summed E-state index contributed by atoms with van der Waals surface area (Å²) in [5, 5.41) is 16.6. The largest absolute Gasteiger partial charge is 0.480 e. The summed E-state index contributed by atoms with van der Waals surface area (Å²) in [5.74, 6) is -2.95. The quantitative estimate of drug-likeness (QED) is 0.174. The molecule has 38 heavy (non-hydrogen) atoms. The first-order valence-corrected chi connectivity index (χ1v) is 12.4. The number of nitrogens with zero attached hydrogens (tertiary/aromatic N) is 2. The van der Waals surface area contributed by atoms with Crippen LogP contribution in [0.2, 0.25) is 0 Å². The van der Waals surface area contributed by atoms with Crippen molar-refractivity contribution < 1.29 is 33.8 Å². The van der Waals surface area contributed by atoms with Crippen molar-refractivity contribution in [3.63, 3.8) is 0 Å². The molecule has 2 heterocycles. The fraction of sp³-hybridized carbons (Fsp3) is 0.600. The SMILES string of the molecule is CC(C)(C)OC(=O)CN1C(C(=O)O)COC1(C(=O)CN)C1CCCCC1.N=C(N)c1ccc(C(N)=O)cn1. The second kappa shape index (κ2) is 12.9. The lowest BCUT2D eigenvalue weighted by Crippen LogP contribution is -2.63. The topological polar surface area (TPSA) is 225 Å². The number of pyridine rings is 1. The number of hydrogen-bond acceptors (Lipinski definition) is 10. The van der Waals surface area contributed by atoms with Crippen LogP contribution < -0.4 is 17.2 Å². The minimum absolute atomic E-state index is 0.133. The smallest absolute Gasteiger partial charge is 0.323 e. The summed E-state index contributed by atoms with van der Waals surface area (Å²) in [6, 6.07) is 1.87. The van der Waals surface area contributed by atoms with E-state index >= 15 is 0 Å². The van der Waals surface area contributed by atoms with Crippen molar-refractivity contribution in [2.45, 2.75) is 70.2 Å². The van der Waals surface area contributed by atoms with Gasteiger partial charge >= 0.3 is 11.9 Å². The second-order valence-corrected chi connectivity index (χ2v) is 10.2. The third kappa shape index (κ3) is 7.55. The summed E-state index contributed by atoms with van der Waals surface area (Å²) in [6.07, 6.45) is 5.71. The van der Waals surface area contributed by atoms with Crippen molar-refractivity contribution in [3.8, 4) is 0 Å². The molecule has 1 saturated carbocycles. The zero-order chi connectivity index (χ0) is 28.7. The maximum Gasteiger partial charge on any atom is 0.323 e.